The lowest BCUT2D eigenvalue weighted by atomic mass is 9.96. The molecule has 1 fully saturated rings. The predicted molar refractivity (Wildman–Crippen MR) is 60.1 cm³/mol. The number of ether oxygens (including phenoxy) is 1. The molecule has 78 valence electrons. The Morgan fingerprint density at radius 1 is 1.21 bits per heavy atom. The second kappa shape index (κ2) is 5.35. The zero-order valence-corrected chi connectivity index (χ0v) is 9.09. The summed E-state index contributed by atoms with van der Waals surface area (Å²) in [5.41, 5.74) is 1.37. The Morgan fingerprint density at radius 3 is 2.57 bits per heavy atom. The molecule has 2 unspecified atom stereocenters. The lowest BCUT2D eigenvalue weighted by Crippen LogP contribution is -2.19. The van der Waals surface area contributed by atoms with Crippen LogP contribution in [0.2, 0.25) is 0 Å². The third-order valence-corrected chi connectivity index (χ3v) is 2.69. The highest BCUT2D eigenvalue weighted by molar-refractivity contribution is 5.85. The van der Waals surface area contributed by atoms with E-state index in [9.17, 15) is 0 Å². The summed E-state index contributed by atoms with van der Waals surface area (Å²) in [6, 6.07) is 10.6. The summed E-state index contributed by atoms with van der Waals surface area (Å²) in [7, 11) is 1.79. The van der Waals surface area contributed by atoms with E-state index in [1.807, 2.05) is 6.07 Å². The van der Waals surface area contributed by atoms with Crippen molar-refractivity contribution in [3.8, 4) is 0 Å². The molecular weight excluding hydrogens is 198 g/mol. The summed E-state index contributed by atoms with van der Waals surface area (Å²) in [4.78, 5) is 0. The topological polar surface area (TPSA) is 21.3 Å². The molecule has 0 saturated carbocycles. The maximum atomic E-state index is 5.42. The number of rotatable bonds is 2. The highest BCUT2D eigenvalue weighted by atomic mass is 35.5. The van der Waals surface area contributed by atoms with E-state index in [0.717, 1.165) is 13.1 Å². The number of nitrogens with one attached hydrogen (secondary N) is 1. The molecule has 0 spiro atoms. The molecule has 0 bridgehead atoms. The molecule has 2 rings (SSSR count). The van der Waals surface area contributed by atoms with E-state index < -0.39 is 0 Å². The van der Waals surface area contributed by atoms with Crippen LogP contribution in [-0.4, -0.2) is 26.3 Å². The van der Waals surface area contributed by atoms with Gasteiger partial charge in [-0.1, -0.05) is 30.3 Å². The van der Waals surface area contributed by atoms with Gasteiger partial charge in [0.05, 0.1) is 6.10 Å². The summed E-state index contributed by atoms with van der Waals surface area (Å²) in [6.07, 6.45) is 0.336. The Hall–Kier alpha value is -0.570. The summed E-state index contributed by atoms with van der Waals surface area (Å²) >= 11 is 0. The van der Waals surface area contributed by atoms with Crippen molar-refractivity contribution >= 4 is 12.4 Å². The summed E-state index contributed by atoms with van der Waals surface area (Å²) in [5, 5.41) is 3.35. The third kappa shape index (κ3) is 2.27. The minimum absolute atomic E-state index is 0. The van der Waals surface area contributed by atoms with Crippen LogP contribution in [0.5, 0.6) is 0 Å². The molecule has 2 nitrogen and oxygen atoms in total. The monoisotopic (exact) mass is 213 g/mol. The van der Waals surface area contributed by atoms with Crippen molar-refractivity contribution in [1.82, 2.24) is 5.32 Å². The Balaban J connectivity index is 0.000000980. The van der Waals surface area contributed by atoms with E-state index in [-0.39, 0.29) is 12.4 Å². The van der Waals surface area contributed by atoms with Crippen molar-refractivity contribution in [2.75, 3.05) is 20.2 Å². The molecule has 1 aliphatic rings. The predicted octanol–water partition coefficient (Wildman–Crippen LogP) is 1.81. The quantitative estimate of drug-likeness (QED) is 0.809. The second-order valence-corrected chi connectivity index (χ2v) is 3.45. The highest BCUT2D eigenvalue weighted by Gasteiger charge is 2.27. The lowest BCUT2D eigenvalue weighted by molar-refractivity contribution is 0.106. The fraction of sp³-hybridized carbons (Fsp3) is 0.455. The lowest BCUT2D eigenvalue weighted by Gasteiger charge is -2.16. The molecule has 14 heavy (non-hydrogen) atoms. The van der Waals surface area contributed by atoms with Crippen LogP contribution in [0.25, 0.3) is 0 Å². The first-order valence-electron chi connectivity index (χ1n) is 4.70. The molecule has 1 aromatic carbocycles. The van der Waals surface area contributed by atoms with E-state index >= 15 is 0 Å². The van der Waals surface area contributed by atoms with Crippen LogP contribution in [0.1, 0.15) is 11.5 Å². The minimum atomic E-state index is 0. The van der Waals surface area contributed by atoms with Crippen molar-refractivity contribution < 1.29 is 4.74 Å². The van der Waals surface area contributed by atoms with E-state index in [0.29, 0.717) is 12.0 Å². The van der Waals surface area contributed by atoms with Gasteiger partial charge in [0, 0.05) is 26.1 Å². The van der Waals surface area contributed by atoms with Gasteiger partial charge in [0.15, 0.2) is 0 Å². The van der Waals surface area contributed by atoms with Gasteiger partial charge in [-0.2, -0.15) is 0 Å². The van der Waals surface area contributed by atoms with Gasteiger partial charge in [-0.15, -0.1) is 12.4 Å². The van der Waals surface area contributed by atoms with Gasteiger partial charge < -0.3 is 10.1 Å². The average molecular weight is 214 g/mol. The Morgan fingerprint density at radius 2 is 1.93 bits per heavy atom. The first kappa shape index (κ1) is 11.5. The average Bonchev–Trinajstić information content (AvgIpc) is 2.67. The minimum Gasteiger partial charge on any atom is -0.379 e. The molecule has 3 heteroatoms. The summed E-state index contributed by atoms with van der Waals surface area (Å²) < 4.78 is 5.42. The van der Waals surface area contributed by atoms with E-state index in [1.54, 1.807) is 7.11 Å². The Labute approximate surface area is 91.1 Å². The molecule has 1 aliphatic heterocycles. The van der Waals surface area contributed by atoms with Crippen molar-refractivity contribution in [2.24, 2.45) is 0 Å². The Kier molecular flexibility index (Phi) is 4.39. The van der Waals surface area contributed by atoms with Gasteiger partial charge >= 0.3 is 0 Å². The molecule has 1 N–H and O–H groups in total. The molecule has 1 aromatic rings. The Bertz CT molecular complexity index is 265. The summed E-state index contributed by atoms with van der Waals surface area (Å²) in [5.74, 6) is 0.520. The van der Waals surface area contributed by atoms with Gasteiger partial charge in [-0.3, -0.25) is 0 Å². The fourth-order valence-corrected chi connectivity index (χ4v) is 1.94. The number of methoxy groups -OCH3 is 1. The van der Waals surface area contributed by atoms with Crippen LogP contribution in [0, 0.1) is 0 Å². The summed E-state index contributed by atoms with van der Waals surface area (Å²) in [6.45, 7) is 2.00. The SMILES string of the molecule is COC1CNCC1c1ccccc1.Cl. The first-order valence-corrected chi connectivity index (χ1v) is 4.70. The largest absolute Gasteiger partial charge is 0.379 e. The van der Waals surface area contributed by atoms with Crippen molar-refractivity contribution in [1.29, 1.82) is 0 Å². The number of hydrogen-bond acceptors (Lipinski definition) is 2. The fourth-order valence-electron chi connectivity index (χ4n) is 1.94. The van der Waals surface area contributed by atoms with E-state index in [4.69, 9.17) is 4.74 Å². The zero-order valence-electron chi connectivity index (χ0n) is 8.27. The molecule has 1 heterocycles. The van der Waals surface area contributed by atoms with Gasteiger partial charge in [0.1, 0.15) is 0 Å². The standard InChI is InChI=1S/C11H15NO.ClH/c1-13-11-8-12-7-10(11)9-5-3-2-4-6-9;/h2-6,10-12H,7-8H2,1H3;1H. The number of hydrogen-bond donors (Lipinski definition) is 1. The maximum Gasteiger partial charge on any atom is 0.0776 e. The number of halogens is 1. The van der Waals surface area contributed by atoms with Crippen LogP contribution in [0.3, 0.4) is 0 Å². The maximum absolute atomic E-state index is 5.42. The van der Waals surface area contributed by atoms with Crippen LogP contribution in [-0.2, 0) is 4.74 Å². The van der Waals surface area contributed by atoms with Gasteiger partial charge in [0.25, 0.3) is 0 Å². The smallest absolute Gasteiger partial charge is 0.0776 e. The molecular formula is C11H16ClNO. The molecule has 1 saturated heterocycles. The van der Waals surface area contributed by atoms with Crippen molar-refractivity contribution in [2.45, 2.75) is 12.0 Å². The molecule has 0 radical (unpaired) electrons. The normalized spacial score (nSPS) is 25.8. The van der Waals surface area contributed by atoms with Crippen LogP contribution in [0.4, 0.5) is 0 Å². The molecule has 0 aliphatic carbocycles. The first-order chi connectivity index (χ1) is 6.42. The number of benzene rings is 1. The van der Waals surface area contributed by atoms with Crippen LogP contribution < -0.4 is 5.32 Å². The van der Waals surface area contributed by atoms with Gasteiger partial charge in [-0.05, 0) is 5.56 Å². The van der Waals surface area contributed by atoms with E-state index in [1.165, 1.54) is 5.56 Å². The van der Waals surface area contributed by atoms with Gasteiger partial charge in [0.2, 0.25) is 0 Å². The van der Waals surface area contributed by atoms with Crippen LogP contribution >= 0.6 is 12.4 Å². The van der Waals surface area contributed by atoms with Crippen LogP contribution in [0.15, 0.2) is 30.3 Å². The van der Waals surface area contributed by atoms with Crippen molar-refractivity contribution in [3.63, 3.8) is 0 Å². The molecule has 2 atom stereocenters. The second-order valence-electron chi connectivity index (χ2n) is 3.45. The zero-order chi connectivity index (χ0) is 9.10. The van der Waals surface area contributed by atoms with Crippen molar-refractivity contribution in [3.05, 3.63) is 35.9 Å². The van der Waals surface area contributed by atoms with E-state index in [2.05, 4.69) is 29.6 Å². The third-order valence-electron chi connectivity index (χ3n) is 2.69. The highest BCUT2D eigenvalue weighted by Crippen LogP contribution is 2.24. The van der Waals surface area contributed by atoms with Gasteiger partial charge in [-0.25, -0.2) is 0 Å². The molecule has 0 amide bonds. The molecule has 0 aromatic heterocycles.